The Morgan fingerprint density at radius 3 is 2.95 bits per heavy atom. The van der Waals surface area contributed by atoms with Crippen molar-refractivity contribution in [3.63, 3.8) is 0 Å². The first kappa shape index (κ1) is 14.5. The van der Waals surface area contributed by atoms with E-state index in [-0.39, 0.29) is 5.82 Å². The third-order valence-corrected chi connectivity index (χ3v) is 4.99. The van der Waals surface area contributed by atoms with Crippen LogP contribution in [0.25, 0.3) is 0 Å². The molecule has 4 heteroatoms. The highest BCUT2D eigenvalue weighted by Gasteiger charge is 2.42. The van der Waals surface area contributed by atoms with Gasteiger partial charge < -0.3 is 5.11 Å². The van der Waals surface area contributed by atoms with Gasteiger partial charge in [-0.2, -0.15) is 0 Å². The minimum atomic E-state index is -0.754. The Balaban J connectivity index is 2.31. The molecule has 1 N–H and O–H groups in total. The Labute approximate surface area is 121 Å². The van der Waals surface area contributed by atoms with E-state index in [4.69, 9.17) is 0 Å². The molecule has 0 saturated heterocycles. The molecular formula is C15H18BrFO2. The molecule has 0 aliphatic heterocycles. The maximum absolute atomic E-state index is 13.5. The van der Waals surface area contributed by atoms with Gasteiger partial charge in [0.15, 0.2) is 0 Å². The summed E-state index contributed by atoms with van der Waals surface area (Å²) in [6.45, 7) is 2.09. The summed E-state index contributed by atoms with van der Waals surface area (Å²) in [5.41, 5.74) is 0.00468. The third-order valence-electron chi connectivity index (χ3n) is 4.11. The van der Waals surface area contributed by atoms with Gasteiger partial charge >= 0.3 is 5.97 Å². The Bertz CT molecular complexity index is 489. The third kappa shape index (κ3) is 2.99. The number of aliphatic carboxylic acids is 1. The normalized spacial score (nSPS) is 27.2. The van der Waals surface area contributed by atoms with Crippen LogP contribution in [-0.2, 0) is 11.2 Å². The maximum atomic E-state index is 13.5. The van der Waals surface area contributed by atoms with Crippen molar-refractivity contribution >= 4 is 21.9 Å². The van der Waals surface area contributed by atoms with Crippen LogP contribution in [-0.4, -0.2) is 11.1 Å². The lowest BCUT2D eigenvalue weighted by atomic mass is 9.67. The molecule has 2 unspecified atom stereocenters. The molecule has 0 aromatic heterocycles. The fraction of sp³-hybridized carbons (Fsp3) is 0.533. The molecule has 2 rings (SSSR count). The topological polar surface area (TPSA) is 37.3 Å². The maximum Gasteiger partial charge on any atom is 0.309 e. The fourth-order valence-corrected chi connectivity index (χ4v) is 3.54. The zero-order valence-electron chi connectivity index (χ0n) is 11.0. The molecule has 0 amide bonds. The minimum Gasteiger partial charge on any atom is -0.481 e. The van der Waals surface area contributed by atoms with E-state index in [0.717, 1.165) is 18.4 Å². The SMILES string of the molecule is CC1CCCC(Cc2cccc(F)c2Br)(C(=O)O)C1. The van der Waals surface area contributed by atoms with Gasteiger partial charge in [0.2, 0.25) is 0 Å². The largest absolute Gasteiger partial charge is 0.481 e. The van der Waals surface area contributed by atoms with Crippen molar-refractivity contribution in [3.05, 3.63) is 34.1 Å². The zero-order chi connectivity index (χ0) is 14.0. The Morgan fingerprint density at radius 1 is 1.58 bits per heavy atom. The summed E-state index contributed by atoms with van der Waals surface area (Å²) < 4.78 is 13.9. The van der Waals surface area contributed by atoms with Crippen LogP contribution in [0.3, 0.4) is 0 Å². The number of rotatable bonds is 3. The molecule has 0 bridgehead atoms. The van der Waals surface area contributed by atoms with Crippen LogP contribution in [0.1, 0.15) is 38.2 Å². The van der Waals surface area contributed by atoms with E-state index in [9.17, 15) is 14.3 Å². The molecule has 19 heavy (non-hydrogen) atoms. The van der Waals surface area contributed by atoms with E-state index in [0.29, 0.717) is 29.7 Å². The summed E-state index contributed by atoms with van der Waals surface area (Å²) in [4.78, 5) is 11.7. The predicted molar refractivity (Wildman–Crippen MR) is 75.5 cm³/mol. The Hall–Kier alpha value is -0.900. The smallest absolute Gasteiger partial charge is 0.309 e. The van der Waals surface area contributed by atoms with Crippen LogP contribution in [0.5, 0.6) is 0 Å². The molecule has 0 spiro atoms. The van der Waals surface area contributed by atoms with Crippen molar-refractivity contribution in [2.24, 2.45) is 11.3 Å². The first-order valence-electron chi connectivity index (χ1n) is 6.61. The number of hydrogen-bond acceptors (Lipinski definition) is 1. The molecule has 1 fully saturated rings. The highest BCUT2D eigenvalue weighted by atomic mass is 79.9. The van der Waals surface area contributed by atoms with E-state index >= 15 is 0 Å². The van der Waals surface area contributed by atoms with Crippen molar-refractivity contribution < 1.29 is 14.3 Å². The van der Waals surface area contributed by atoms with Crippen molar-refractivity contribution in [2.75, 3.05) is 0 Å². The lowest BCUT2D eigenvalue weighted by Crippen LogP contribution is -2.38. The highest BCUT2D eigenvalue weighted by Crippen LogP contribution is 2.43. The lowest BCUT2D eigenvalue weighted by molar-refractivity contribution is -0.152. The zero-order valence-corrected chi connectivity index (χ0v) is 12.5. The van der Waals surface area contributed by atoms with Crippen LogP contribution >= 0.6 is 15.9 Å². The van der Waals surface area contributed by atoms with E-state index in [1.54, 1.807) is 12.1 Å². The highest BCUT2D eigenvalue weighted by molar-refractivity contribution is 9.10. The molecule has 2 nitrogen and oxygen atoms in total. The minimum absolute atomic E-state index is 0.332. The summed E-state index contributed by atoms with van der Waals surface area (Å²) in [5.74, 6) is -0.672. The van der Waals surface area contributed by atoms with Crippen molar-refractivity contribution in [2.45, 2.75) is 39.0 Å². The number of halogens is 2. The van der Waals surface area contributed by atoms with E-state index in [1.165, 1.54) is 6.07 Å². The Morgan fingerprint density at radius 2 is 2.32 bits per heavy atom. The van der Waals surface area contributed by atoms with Crippen LogP contribution in [0, 0.1) is 17.2 Å². The lowest BCUT2D eigenvalue weighted by Gasteiger charge is -2.36. The Kier molecular flexibility index (Phi) is 4.29. The molecule has 104 valence electrons. The van der Waals surface area contributed by atoms with Crippen molar-refractivity contribution in [1.29, 1.82) is 0 Å². The van der Waals surface area contributed by atoms with Gasteiger partial charge in [0.1, 0.15) is 5.82 Å². The van der Waals surface area contributed by atoms with Crippen molar-refractivity contribution in [3.8, 4) is 0 Å². The van der Waals surface area contributed by atoms with Gasteiger partial charge in [0.05, 0.1) is 9.89 Å². The molecule has 1 aromatic rings. The number of carboxylic acids is 1. The average molecular weight is 329 g/mol. The standard InChI is InChI=1S/C15H18BrFO2/c1-10-4-3-7-15(8-10,14(18)19)9-11-5-2-6-12(17)13(11)16/h2,5-6,10H,3-4,7-9H2,1H3,(H,18,19). The first-order valence-corrected chi connectivity index (χ1v) is 7.40. The fourth-order valence-electron chi connectivity index (χ4n) is 3.14. The molecule has 1 aromatic carbocycles. The second kappa shape index (κ2) is 5.61. The van der Waals surface area contributed by atoms with Crippen LogP contribution in [0.2, 0.25) is 0 Å². The molecule has 2 atom stereocenters. The van der Waals surface area contributed by atoms with Crippen LogP contribution in [0.15, 0.2) is 22.7 Å². The van der Waals surface area contributed by atoms with Crippen molar-refractivity contribution in [1.82, 2.24) is 0 Å². The first-order chi connectivity index (χ1) is 8.94. The van der Waals surface area contributed by atoms with Gasteiger partial charge in [0.25, 0.3) is 0 Å². The predicted octanol–water partition coefficient (Wildman–Crippen LogP) is 4.41. The molecule has 1 aliphatic carbocycles. The van der Waals surface area contributed by atoms with Crippen LogP contribution in [0.4, 0.5) is 4.39 Å². The van der Waals surface area contributed by atoms with Gasteiger partial charge in [-0.3, -0.25) is 4.79 Å². The van der Waals surface area contributed by atoms with E-state index in [2.05, 4.69) is 22.9 Å². The number of hydrogen-bond donors (Lipinski definition) is 1. The molecule has 1 aliphatic rings. The van der Waals surface area contributed by atoms with E-state index < -0.39 is 11.4 Å². The van der Waals surface area contributed by atoms with Gasteiger partial charge in [-0.05, 0) is 52.7 Å². The van der Waals surface area contributed by atoms with Gasteiger partial charge in [0, 0.05) is 0 Å². The monoisotopic (exact) mass is 328 g/mol. The summed E-state index contributed by atoms with van der Waals surface area (Å²) in [6.07, 6.45) is 3.76. The molecule has 0 heterocycles. The molecule has 1 saturated carbocycles. The summed E-state index contributed by atoms with van der Waals surface area (Å²) >= 11 is 3.23. The number of carboxylic acid groups (broad SMARTS) is 1. The number of carbonyl (C=O) groups is 1. The van der Waals surface area contributed by atoms with Gasteiger partial charge in [-0.1, -0.05) is 31.9 Å². The average Bonchev–Trinajstić information content (AvgIpc) is 2.35. The summed E-state index contributed by atoms with van der Waals surface area (Å²) in [6, 6.07) is 4.82. The second-order valence-corrected chi connectivity index (χ2v) is 6.47. The van der Waals surface area contributed by atoms with Gasteiger partial charge in [-0.25, -0.2) is 4.39 Å². The molecule has 0 radical (unpaired) electrons. The quantitative estimate of drug-likeness (QED) is 0.892. The number of benzene rings is 1. The summed E-state index contributed by atoms with van der Waals surface area (Å²) in [7, 11) is 0. The summed E-state index contributed by atoms with van der Waals surface area (Å²) in [5, 5.41) is 9.62. The molecular weight excluding hydrogens is 311 g/mol. The van der Waals surface area contributed by atoms with E-state index in [1.807, 2.05) is 0 Å². The second-order valence-electron chi connectivity index (χ2n) is 5.68. The van der Waals surface area contributed by atoms with Crippen LogP contribution < -0.4 is 0 Å². The van der Waals surface area contributed by atoms with Gasteiger partial charge in [-0.15, -0.1) is 0 Å².